The van der Waals surface area contributed by atoms with Crippen LogP contribution in [0, 0.1) is 11.6 Å². The summed E-state index contributed by atoms with van der Waals surface area (Å²) in [7, 11) is 0. The lowest BCUT2D eigenvalue weighted by molar-refractivity contribution is 0.299. The molecule has 0 bridgehead atoms. The van der Waals surface area contributed by atoms with E-state index in [2.05, 4.69) is 4.98 Å². The smallest absolute Gasteiger partial charge is 0.132 e. The molecule has 0 spiro atoms. The maximum Gasteiger partial charge on any atom is 0.132 e. The van der Waals surface area contributed by atoms with E-state index in [0.29, 0.717) is 12.2 Å². The van der Waals surface area contributed by atoms with Crippen LogP contribution in [-0.4, -0.2) is 16.7 Å². The first-order chi connectivity index (χ1) is 12.2. The Morgan fingerprint density at radius 3 is 2.64 bits per heavy atom. The van der Waals surface area contributed by atoms with Gasteiger partial charge in [-0.05, 0) is 36.2 Å². The molecular weight excluding hydrogens is 324 g/mol. The second-order valence-electron chi connectivity index (χ2n) is 5.58. The van der Waals surface area contributed by atoms with E-state index in [1.54, 1.807) is 18.5 Å². The topological polar surface area (TPSA) is 42.4 Å². The fourth-order valence-corrected chi connectivity index (χ4v) is 2.53. The number of pyridine rings is 1. The maximum atomic E-state index is 13.8. The van der Waals surface area contributed by atoms with Crippen molar-refractivity contribution in [3.63, 3.8) is 0 Å². The average molecular weight is 341 g/mol. The lowest BCUT2D eigenvalue weighted by Crippen LogP contribution is -2.00. The molecule has 3 rings (SSSR count). The Morgan fingerprint density at radius 1 is 1.00 bits per heavy atom. The lowest BCUT2D eigenvalue weighted by Gasteiger charge is -2.12. The number of para-hydroxylation sites is 1. The predicted molar refractivity (Wildman–Crippen MR) is 91.2 cm³/mol. The summed E-state index contributed by atoms with van der Waals surface area (Å²) in [6, 6.07) is 12.7. The first-order valence-electron chi connectivity index (χ1n) is 7.88. The average Bonchev–Trinajstić information content (AvgIpc) is 2.62. The van der Waals surface area contributed by atoms with Crippen LogP contribution in [-0.2, 0) is 13.0 Å². The molecule has 0 aliphatic rings. The van der Waals surface area contributed by atoms with Crippen LogP contribution in [0.1, 0.15) is 11.1 Å². The van der Waals surface area contributed by atoms with Gasteiger partial charge in [-0.1, -0.05) is 18.2 Å². The summed E-state index contributed by atoms with van der Waals surface area (Å²) < 4.78 is 32.5. The van der Waals surface area contributed by atoms with Gasteiger partial charge in [-0.25, -0.2) is 8.78 Å². The SMILES string of the molecule is OCCc1cncc(-c2ccccc2OCc2ccc(F)cc2F)c1. The van der Waals surface area contributed by atoms with Gasteiger partial charge in [0.25, 0.3) is 0 Å². The van der Waals surface area contributed by atoms with E-state index in [9.17, 15) is 8.78 Å². The maximum absolute atomic E-state index is 13.8. The second kappa shape index (κ2) is 7.85. The third-order valence-electron chi connectivity index (χ3n) is 3.79. The Balaban J connectivity index is 1.85. The second-order valence-corrected chi connectivity index (χ2v) is 5.58. The molecule has 1 aromatic heterocycles. The summed E-state index contributed by atoms with van der Waals surface area (Å²) in [6.45, 7) is 0.0417. The monoisotopic (exact) mass is 341 g/mol. The van der Waals surface area contributed by atoms with Crippen LogP contribution in [0.2, 0.25) is 0 Å². The highest BCUT2D eigenvalue weighted by Crippen LogP contribution is 2.30. The van der Waals surface area contributed by atoms with Crippen molar-refractivity contribution in [1.29, 1.82) is 0 Å². The highest BCUT2D eigenvalue weighted by molar-refractivity contribution is 5.70. The van der Waals surface area contributed by atoms with Gasteiger partial charge in [0.2, 0.25) is 0 Å². The number of halogens is 2. The molecule has 1 heterocycles. The summed E-state index contributed by atoms with van der Waals surface area (Å²) in [5.41, 5.74) is 2.86. The molecule has 0 unspecified atom stereocenters. The number of aliphatic hydroxyl groups is 1. The number of aromatic nitrogens is 1. The molecule has 0 fully saturated rings. The first-order valence-corrected chi connectivity index (χ1v) is 7.88. The van der Waals surface area contributed by atoms with Crippen LogP contribution in [0.5, 0.6) is 5.75 Å². The minimum Gasteiger partial charge on any atom is -0.488 e. The number of benzene rings is 2. The molecule has 0 saturated heterocycles. The normalized spacial score (nSPS) is 10.7. The molecule has 25 heavy (non-hydrogen) atoms. The van der Waals surface area contributed by atoms with Gasteiger partial charge in [-0.15, -0.1) is 0 Å². The van der Waals surface area contributed by atoms with Gasteiger partial charge in [0.05, 0.1) is 0 Å². The van der Waals surface area contributed by atoms with E-state index < -0.39 is 11.6 Å². The van der Waals surface area contributed by atoms with Crippen molar-refractivity contribution in [2.24, 2.45) is 0 Å². The van der Waals surface area contributed by atoms with Gasteiger partial charge in [0.15, 0.2) is 0 Å². The summed E-state index contributed by atoms with van der Waals surface area (Å²) in [4.78, 5) is 4.19. The summed E-state index contributed by atoms with van der Waals surface area (Å²) in [5.74, 6) is -0.674. The molecule has 3 aromatic rings. The zero-order chi connectivity index (χ0) is 17.6. The zero-order valence-corrected chi connectivity index (χ0v) is 13.5. The summed E-state index contributed by atoms with van der Waals surface area (Å²) in [5, 5.41) is 9.08. The molecular formula is C20H17F2NO2. The highest BCUT2D eigenvalue weighted by Gasteiger charge is 2.09. The molecule has 0 aliphatic carbocycles. The zero-order valence-electron chi connectivity index (χ0n) is 13.5. The lowest BCUT2D eigenvalue weighted by atomic mass is 10.0. The van der Waals surface area contributed by atoms with E-state index in [4.69, 9.17) is 9.84 Å². The van der Waals surface area contributed by atoms with E-state index >= 15 is 0 Å². The summed E-state index contributed by atoms with van der Waals surface area (Å²) >= 11 is 0. The number of hydrogen-bond donors (Lipinski definition) is 1. The molecule has 0 radical (unpaired) electrons. The molecule has 2 aromatic carbocycles. The van der Waals surface area contributed by atoms with E-state index in [1.807, 2.05) is 24.3 Å². The Labute approximate surface area is 144 Å². The van der Waals surface area contributed by atoms with Gasteiger partial charge in [0.1, 0.15) is 24.0 Å². The van der Waals surface area contributed by atoms with Crippen molar-refractivity contribution in [3.05, 3.63) is 83.7 Å². The van der Waals surface area contributed by atoms with Crippen molar-refractivity contribution >= 4 is 0 Å². The van der Waals surface area contributed by atoms with Crippen LogP contribution in [0.3, 0.4) is 0 Å². The fourth-order valence-electron chi connectivity index (χ4n) is 2.53. The third kappa shape index (κ3) is 4.19. The van der Waals surface area contributed by atoms with Crippen LogP contribution in [0.4, 0.5) is 8.78 Å². The van der Waals surface area contributed by atoms with Crippen molar-refractivity contribution in [1.82, 2.24) is 4.98 Å². The Kier molecular flexibility index (Phi) is 5.36. The Morgan fingerprint density at radius 2 is 1.84 bits per heavy atom. The number of aliphatic hydroxyl groups excluding tert-OH is 1. The summed E-state index contributed by atoms with van der Waals surface area (Å²) in [6.07, 6.45) is 3.93. The predicted octanol–water partition coefficient (Wildman–Crippen LogP) is 4.14. The minimum atomic E-state index is -0.635. The Hall–Kier alpha value is -2.79. The van der Waals surface area contributed by atoms with Gasteiger partial charge >= 0.3 is 0 Å². The molecule has 0 saturated carbocycles. The quantitative estimate of drug-likeness (QED) is 0.733. The molecule has 1 N–H and O–H groups in total. The largest absolute Gasteiger partial charge is 0.488 e. The number of hydrogen-bond acceptors (Lipinski definition) is 3. The number of nitrogens with zero attached hydrogens (tertiary/aromatic N) is 1. The number of rotatable bonds is 6. The van der Waals surface area contributed by atoms with Gasteiger partial charge in [-0.2, -0.15) is 0 Å². The molecule has 3 nitrogen and oxygen atoms in total. The number of ether oxygens (including phenoxy) is 1. The van der Waals surface area contributed by atoms with Gasteiger partial charge in [0, 0.05) is 41.8 Å². The van der Waals surface area contributed by atoms with Crippen LogP contribution in [0.15, 0.2) is 60.9 Å². The van der Waals surface area contributed by atoms with E-state index in [-0.39, 0.29) is 18.8 Å². The van der Waals surface area contributed by atoms with Gasteiger partial charge in [-0.3, -0.25) is 4.98 Å². The minimum absolute atomic E-state index is 0.00706. The highest BCUT2D eigenvalue weighted by atomic mass is 19.1. The molecule has 0 aliphatic heterocycles. The van der Waals surface area contributed by atoms with Gasteiger partial charge < -0.3 is 9.84 Å². The third-order valence-corrected chi connectivity index (χ3v) is 3.79. The standard InChI is InChI=1S/C20H17F2NO2/c21-17-6-5-15(19(22)10-17)13-25-20-4-2-1-3-18(20)16-9-14(7-8-24)11-23-12-16/h1-6,9-12,24H,7-8,13H2. The Bertz CT molecular complexity index is 868. The van der Waals surface area contributed by atoms with Crippen LogP contribution >= 0.6 is 0 Å². The van der Waals surface area contributed by atoms with Crippen molar-refractivity contribution in [2.45, 2.75) is 13.0 Å². The van der Waals surface area contributed by atoms with Crippen molar-refractivity contribution in [2.75, 3.05) is 6.61 Å². The molecule has 5 heteroatoms. The molecule has 128 valence electrons. The van der Waals surface area contributed by atoms with Crippen molar-refractivity contribution in [3.8, 4) is 16.9 Å². The fraction of sp³-hybridized carbons (Fsp3) is 0.150. The molecule has 0 atom stereocenters. The molecule has 0 amide bonds. The van der Waals surface area contributed by atoms with Crippen LogP contribution in [0.25, 0.3) is 11.1 Å². The van der Waals surface area contributed by atoms with Crippen LogP contribution < -0.4 is 4.74 Å². The van der Waals surface area contributed by atoms with Crippen molar-refractivity contribution < 1.29 is 18.6 Å². The first kappa shape index (κ1) is 17.0. The van der Waals surface area contributed by atoms with E-state index in [1.165, 1.54) is 12.1 Å². The van der Waals surface area contributed by atoms with E-state index in [0.717, 1.165) is 22.8 Å².